The number of nitriles is 1. The lowest BCUT2D eigenvalue weighted by Crippen LogP contribution is -2.23. The summed E-state index contributed by atoms with van der Waals surface area (Å²) in [5.41, 5.74) is 2.21. The molecular weight excluding hydrogens is 392 g/mol. The predicted molar refractivity (Wildman–Crippen MR) is 120 cm³/mol. The fourth-order valence-corrected chi connectivity index (χ4v) is 5.11. The van der Waals surface area contributed by atoms with Crippen LogP contribution in [0.5, 0.6) is 0 Å². The van der Waals surface area contributed by atoms with Crippen molar-refractivity contribution in [2.24, 2.45) is 5.92 Å². The zero-order valence-corrected chi connectivity index (χ0v) is 18.2. The van der Waals surface area contributed by atoms with E-state index in [0.29, 0.717) is 23.6 Å². The van der Waals surface area contributed by atoms with Gasteiger partial charge in [0.15, 0.2) is 0 Å². The maximum atomic E-state index is 8.88. The van der Waals surface area contributed by atoms with E-state index in [2.05, 4.69) is 46.2 Å². The molecule has 7 heteroatoms. The second kappa shape index (κ2) is 9.33. The molecule has 0 saturated carbocycles. The smallest absolute Gasteiger partial charge is 0.227 e. The van der Waals surface area contributed by atoms with Gasteiger partial charge in [0.1, 0.15) is 11.8 Å². The number of aromatic nitrogens is 3. The number of thiophene rings is 1. The zero-order valence-electron chi connectivity index (χ0n) is 17.4. The van der Waals surface area contributed by atoms with E-state index in [1.165, 1.54) is 16.2 Å². The molecule has 0 aromatic carbocycles. The van der Waals surface area contributed by atoms with E-state index >= 15 is 0 Å². The number of anilines is 2. The maximum absolute atomic E-state index is 8.88. The largest absolute Gasteiger partial charge is 0.323 e. The van der Waals surface area contributed by atoms with Gasteiger partial charge >= 0.3 is 0 Å². The van der Waals surface area contributed by atoms with Crippen LogP contribution in [0.4, 0.5) is 11.6 Å². The average molecular weight is 419 g/mol. The van der Waals surface area contributed by atoms with Crippen LogP contribution in [-0.4, -0.2) is 26.4 Å². The summed E-state index contributed by atoms with van der Waals surface area (Å²) in [6.07, 6.45) is 6.88. The van der Waals surface area contributed by atoms with E-state index in [1.807, 2.05) is 35.7 Å². The van der Waals surface area contributed by atoms with Crippen molar-refractivity contribution >= 4 is 23.0 Å². The lowest BCUT2D eigenvalue weighted by Gasteiger charge is -2.23. The molecule has 0 bridgehead atoms. The van der Waals surface area contributed by atoms with Crippen molar-refractivity contribution in [1.29, 1.82) is 5.26 Å². The highest BCUT2D eigenvalue weighted by atomic mass is 32.1. The van der Waals surface area contributed by atoms with Crippen LogP contribution >= 0.6 is 11.3 Å². The average Bonchev–Trinajstić information content (AvgIpc) is 3.38. The van der Waals surface area contributed by atoms with Crippen LogP contribution in [-0.2, 0) is 13.0 Å². The number of likely N-dealkylation sites (tertiary alicyclic amines) is 1. The number of nitrogens with zero attached hydrogens (tertiary/aromatic N) is 5. The molecule has 1 saturated heterocycles. The van der Waals surface area contributed by atoms with Gasteiger partial charge in [-0.1, -0.05) is 13.8 Å². The Hall–Kier alpha value is -2.82. The van der Waals surface area contributed by atoms with Crippen LogP contribution in [0.1, 0.15) is 53.9 Å². The summed E-state index contributed by atoms with van der Waals surface area (Å²) in [6, 6.07) is 12.4. The predicted octanol–water partition coefficient (Wildman–Crippen LogP) is 5.08. The number of nitrogens with one attached hydrogen (secondary N) is 1. The Bertz CT molecular complexity index is 1020. The molecular formula is C23H26N6S. The van der Waals surface area contributed by atoms with Gasteiger partial charge in [-0.2, -0.15) is 5.26 Å². The van der Waals surface area contributed by atoms with Gasteiger partial charge in [0.05, 0.1) is 23.6 Å². The molecule has 0 radical (unpaired) electrons. The molecule has 3 aromatic rings. The first-order valence-electron chi connectivity index (χ1n) is 10.4. The van der Waals surface area contributed by atoms with Gasteiger partial charge < -0.3 is 5.32 Å². The molecule has 0 amide bonds. The molecule has 1 aliphatic heterocycles. The minimum Gasteiger partial charge on any atom is -0.323 e. The summed E-state index contributed by atoms with van der Waals surface area (Å²) in [6.45, 7) is 6.60. The lowest BCUT2D eigenvalue weighted by atomic mass is 10.1. The third-order valence-electron chi connectivity index (χ3n) is 5.20. The third kappa shape index (κ3) is 5.02. The van der Waals surface area contributed by atoms with Crippen LogP contribution in [0.25, 0.3) is 0 Å². The fourth-order valence-electron chi connectivity index (χ4n) is 3.85. The Morgan fingerprint density at radius 1 is 1.20 bits per heavy atom. The molecule has 4 heterocycles. The van der Waals surface area contributed by atoms with Gasteiger partial charge in [0.2, 0.25) is 5.95 Å². The summed E-state index contributed by atoms with van der Waals surface area (Å²) in [5, 5.41) is 12.1. The summed E-state index contributed by atoms with van der Waals surface area (Å²) in [4.78, 5) is 18.6. The van der Waals surface area contributed by atoms with Gasteiger partial charge in [-0.15, -0.1) is 11.3 Å². The molecule has 6 nitrogen and oxygen atoms in total. The molecule has 3 aromatic heterocycles. The second-order valence-corrected chi connectivity index (χ2v) is 9.32. The Morgan fingerprint density at radius 2 is 2.07 bits per heavy atom. The first-order chi connectivity index (χ1) is 14.6. The van der Waals surface area contributed by atoms with Crippen molar-refractivity contribution in [3.05, 3.63) is 63.9 Å². The third-order valence-corrected chi connectivity index (χ3v) is 6.29. The Morgan fingerprint density at radius 3 is 2.83 bits per heavy atom. The van der Waals surface area contributed by atoms with Gasteiger partial charge in [-0.3, -0.25) is 4.90 Å². The van der Waals surface area contributed by atoms with Crippen LogP contribution in [0.2, 0.25) is 0 Å². The lowest BCUT2D eigenvalue weighted by molar-refractivity contribution is 0.246. The van der Waals surface area contributed by atoms with Gasteiger partial charge in [0, 0.05) is 22.5 Å². The zero-order chi connectivity index (χ0) is 20.9. The monoisotopic (exact) mass is 418 g/mol. The quantitative estimate of drug-likeness (QED) is 0.576. The molecule has 30 heavy (non-hydrogen) atoms. The molecule has 4 rings (SSSR count). The minimum absolute atomic E-state index is 0.309. The van der Waals surface area contributed by atoms with Crippen LogP contribution in [0, 0.1) is 17.2 Å². The highest BCUT2D eigenvalue weighted by Gasteiger charge is 2.27. The summed E-state index contributed by atoms with van der Waals surface area (Å²) in [5.74, 6) is 1.25. The Kier molecular flexibility index (Phi) is 6.36. The number of rotatable bonds is 7. The van der Waals surface area contributed by atoms with Crippen LogP contribution in [0.3, 0.4) is 0 Å². The standard InChI is InChI=1S/C23H26N6S/c1-16(2)12-19-7-8-20(30-19)15-29-11-3-4-22(29)21-9-10-25-23(28-21)27-18-6-5-17(13-24)26-14-18/h5-10,14,16,22H,3-4,11-12,15H2,1-2H3,(H,25,27,28)/t22-/m1/s1. The van der Waals surface area contributed by atoms with E-state index in [0.717, 1.165) is 37.3 Å². The van der Waals surface area contributed by atoms with E-state index in [4.69, 9.17) is 10.2 Å². The van der Waals surface area contributed by atoms with Crippen molar-refractivity contribution in [2.75, 3.05) is 11.9 Å². The molecule has 0 aliphatic carbocycles. The van der Waals surface area contributed by atoms with Crippen LogP contribution < -0.4 is 5.32 Å². The second-order valence-electron chi connectivity index (χ2n) is 8.07. The normalized spacial score (nSPS) is 16.7. The highest BCUT2D eigenvalue weighted by Crippen LogP contribution is 2.34. The number of pyridine rings is 1. The van der Waals surface area contributed by atoms with E-state index in [1.54, 1.807) is 12.3 Å². The molecule has 0 spiro atoms. The van der Waals surface area contributed by atoms with Crippen LogP contribution in [0.15, 0.2) is 42.7 Å². The topological polar surface area (TPSA) is 77.7 Å². The highest BCUT2D eigenvalue weighted by molar-refractivity contribution is 7.11. The number of hydrogen-bond acceptors (Lipinski definition) is 7. The summed E-state index contributed by atoms with van der Waals surface area (Å²) in [7, 11) is 0. The molecule has 0 unspecified atom stereocenters. The van der Waals surface area contributed by atoms with Gasteiger partial charge in [-0.25, -0.2) is 15.0 Å². The SMILES string of the molecule is CC(C)Cc1ccc(CN2CCC[C@@H]2c2ccnc(Nc3ccc(C#N)nc3)n2)s1. The molecule has 1 N–H and O–H groups in total. The first kappa shape index (κ1) is 20.5. The molecule has 154 valence electrons. The molecule has 1 atom stereocenters. The summed E-state index contributed by atoms with van der Waals surface area (Å²) < 4.78 is 0. The van der Waals surface area contributed by atoms with Crippen molar-refractivity contribution in [3.8, 4) is 6.07 Å². The van der Waals surface area contributed by atoms with Crippen molar-refractivity contribution in [1.82, 2.24) is 19.9 Å². The summed E-state index contributed by atoms with van der Waals surface area (Å²) >= 11 is 1.94. The first-order valence-corrected chi connectivity index (χ1v) is 11.2. The van der Waals surface area contributed by atoms with Gasteiger partial charge in [0.25, 0.3) is 0 Å². The van der Waals surface area contributed by atoms with E-state index < -0.39 is 0 Å². The Balaban J connectivity index is 1.45. The fraction of sp³-hybridized carbons (Fsp3) is 0.391. The van der Waals surface area contributed by atoms with Crippen molar-refractivity contribution in [3.63, 3.8) is 0 Å². The van der Waals surface area contributed by atoms with Gasteiger partial charge in [-0.05, 0) is 62.1 Å². The minimum atomic E-state index is 0.309. The Labute approximate surface area is 181 Å². The van der Waals surface area contributed by atoms with Crippen molar-refractivity contribution in [2.45, 2.75) is 45.7 Å². The van der Waals surface area contributed by atoms with E-state index in [9.17, 15) is 0 Å². The van der Waals surface area contributed by atoms with Crippen molar-refractivity contribution < 1.29 is 0 Å². The molecule has 1 aliphatic rings. The van der Waals surface area contributed by atoms with E-state index in [-0.39, 0.29) is 0 Å². The maximum Gasteiger partial charge on any atom is 0.227 e. The molecule has 1 fully saturated rings. The number of hydrogen-bond donors (Lipinski definition) is 1.